The summed E-state index contributed by atoms with van der Waals surface area (Å²) in [5.41, 5.74) is 3.15. The molecular formula is C13H10N2. The van der Waals surface area contributed by atoms with E-state index in [1.165, 1.54) is 5.56 Å². The van der Waals surface area contributed by atoms with Crippen molar-refractivity contribution >= 4 is 5.69 Å². The highest BCUT2D eigenvalue weighted by Gasteiger charge is 1.95. The summed E-state index contributed by atoms with van der Waals surface area (Å²) in [5.74, 6) is 0. The molecule has 0 amide bonds. The minimum absolute atomic E-state index is 0.817. The molecule has 0 aliphatic heterocycles. The first-order valence-electron chi connectivity index (χ1n) is 4.71. The fourth-order valence-electron chi connectivity index (χ4n) is 1.44. The van der Waals surface area contributed by atoms with Crippen LogP contribution in [-0.2, 0) is 0 Å². The molecule has 0 bridgehead atoms. The van der Waals surface area contributed by atoms with Crippen LogP contribution in [0.3, 0.4) is 0 Å². The molecule has 1 N–H and O–H groups in total. The number of rotatable bonds is 2. The first kappa shape index (κ1) is 9.29. The van der Waals surface area contributed by atoms with Gasteiger partial charge < -0.3 is 0 Å². The molecule has 2 nitrogen and oxygen atoms in total. The van der Waals surface area contributed by atoms with E-state index in [-0.39, 0.29) is 0 Å². The van der Waals surface area contributed by atoms with Gasteiger partial charge in [-0.1, -0.05) is 42.5 Å². The fourth-order valence-corrected chi connectivity index (χ4v) is 1.44. The maximum absolute atomic E-state index is 8.44. The highest BCUT2D eigenvalue weighted by molar-refractivity contribution is 5.66. The van der Waals surface area contributed by atoms with Crippen molar-refractivity contribution in [2.45, 2.75) is 0 Å². The summed E-state index contributed by atoms with van der Waals surface area (Å²) in [7, 11) is 0. The predicted molar refractivity (Wildman–Crippen MR) is 61.1 cm³/mol. The van der Waals surface area contributed by atoms with Gasteiger partial charge in [0, 0.05) is 5.69 Å². The van der Waals surface area contributed by atoms with Crippen LogP contribution in [0.4, 0.5) is 5.69 Å². The van der Waals surface area contributed by atoms with E-state index in [0.29, 0.717) is 0 Å². The molecule has 0 saturated carbocycles. The van der Waals surface area contributed by atoms with Gasteiger partial charge in [0.05, 0.1) is 0 Å². The average molecular weight is 194 g/mol. The van der Waals surface area contributed by atoms with Crippen molar-refractivity contribution in [3.05, 3.63) is 54.6 Å². The van der Waals surface area contributed by atoms with Crippen molar-refractivity contribution in [1.29, 1.82) is 5.26 Å². The molecule has 0 fully saturated rings. The maximum atomic E-state index is 8.44. The van der Waals surface area contributed by atoms with Crippen LogP contribution in [0, 0.1) is 11.5 Å². The molecule has 0 atom stereocenters. The van der Waals surface area contributed by atoms with Crippen LogP contribution in [0.1, 0.15) is 0 Å². The minimum Gasteiger partial charge on any atom is -0.293 e. The molecule has 15 heavy (non-hydrogen) atoms. The van der Waals surface area contributed by atoms with Crippen LogP contribution in [0.5, 0.6) is 0 Å². The third-order valence-corrected chi connectivity index (χ3v) is 2.19. The number of hydrogen-bond donors (Lipinski definition) is 1. The quantitative estimate of drug-likeness (QED) is 0.588. The third-order valence-electron chi connectivity index (χ3n) is 2.19. The summed E-state index contributed by atoms with van der Waals surface area (Å²) in [6.07, 6.45) is 1.89. The van der Waals surface area contributed by atoms with Crippen LogP contribution in [-0.4, -0.2) is 0 Å². The second kappa shape index (κ2) is 4.30. The largest absolute Gasteiger partial charge is 0.293 e. The number of anilines is 1. The van der Waals surface area contributed by atoms with E-state index in [1.807, 2.05) is 48.7 Å². The lowest BCUT2D eigenvalue weighted by atomic mass is 10.1. The first-order valence-corrected chi connectivity index (χ1v) is 4.71. The molecule has 0 aliphatic carbocycles. The zero-order chi connectivity index (χ0) is 10.5. The van der Waals surface area contributed by atoms with E-state index >= 15 is 0 Å². The molecule has 0 aromatic heterocycles. The Hall–Kier alpha value is -2.27. The molecule has 0 radical (unpaired) electrons. The van der Waals surface area contributed by atoms with E-state index in [1.54, 1.807) is 0 Å². The Bertz CT molecular complexity index is 466. The Morgan fingerprint density at radius 1 is 0.800 bits per heavy atom. The molecule has 2 aromatic rings. The van der Waals surface area contributed by atoms with Gasteiger partial charge >= 0.3 is 0 Å². The summed E-state index contributed by atoms with van der Waals surface area (Å²) in [5, 5.41) is 11.0. The number of nitrogens with one attached hydrogen (secondary N) is 1. The maximum Gasteiger partial charge on any atom is 0.181 e. The molecule has 0 spiro atoms. The molecule has 2 rings (SSSR count). The summed E-state index contributed by atoms with van der Waals surface area (Å²) in [6, 6.07) is 17.9. The van der Waals surface area contributed by atoms with Gasteiger partial charge in [-0.25, -0.2) is 0 Å². The highest BCUT2D eigenvalue weighted by Crippen LogP contribution is 2.20. The zero-order valence-corrected chi connectivity index (χ0v) is 8.14. The van der Waals surface area contributed by atoms with Gasteiger partial charge in [0.2, 0.25) is 0 Å². The molecule has 0 unspecified atom stereocenters. The van der Waals surface area contributed by atoms with Crippen LogP contribution < -0.4 is 5.32 Å². The van der Waals surface area contributed by atoms with Crippen molar-refractivity contribution in [2.24, 2.45) is 0 Å². The second-order valence-electron chi connectivity index (χ2n) is 3.18. The molecule has 0 aliphatic rings. The Labute approximate surface area is 88.8 Å². The molecule has 0 saturated heterocycles. The van der Waals surface area contributed by atoms with E-state index in [4.69, 9.17) is 5.26 Å². The first-order chi connectivity index (χ1) is 7.40. The predicted octanol–water partition coefficient (Wildman–Crippen LogP) is 3.25. The Morgan fingerprint density at radius 2 is 1.40 bits per heavy atom. The Morgan fingerprint density at radius 3 is 2.00 bits per heavy atom. The van der Waals surface area contributed by atoms with E-state index in [0.717, 1.165) is 11.3 Å². The standard InChI is InChI=1S/C13H10N2/c14-10-15-13-8-6-12(7-9-13)11-4-2-1-3-5-11/h1-9,15H. The lowest BCUT2D eigenvalue weighted by molar-refractivity contribution is 1.47. The third kappa shape index (κ3) is 2.15. The molecule has 0 heterocycles. The smallest absolute Gasteiger partial charge is 0.181 e. The van der Waals surface area contributed by atoms with Gasteiger partial charge in [0.15, 0.2) is 6.19 Å². The van der Waals surface area contributed by atoms with Crippen molar-refractivity contribution in [1.82, 2.24) is 0 Å². The number of benzene rings is 2. The number of nitrogens with zero attached hydrogens (tertiary/aromatic N) is 1. The Balaban J connectivity index is 2.29. The lowest BCUT2D eigenvalue weighted by Crippen LogP contribution is -1.86. The van der Waals surface area contributed by atoms with Crippen LogP contribution in [0.25, 0.3) is 11.1 Å². The van der Waals surface area contributed by atoms with Crippen molar-refractivity contribution < 1.29 is 0 Å². The molecular weight excluding hydrogens is 184 g/mol. The van der Waals surface area contributed by atoms with Gasteiger partial charge in [-0.2, -0.15) is 5.26 Å². The van der Waals surface area contributed by atoms with Crippen LogP contribution in [0.15, 0.2) is 54.6 Å². The highest BCUT2D eigenvalue weighted by atomic mass is 14.9. The van der Waals surface area contributed by atoms with Crippen LogP contribution in [0.2, 0.25) is 0 Å². The monoisotopic (exact) mass is 194 g/mol. The molecule has 2 heteroatoms. The van der Waals surface area contributed by atoms with Gasteiger partial charge in [-0.3, -0.25) is 5.32 Å². The molecule has 2 aromatic carbocycles. The van der Waals surface area contributed by atoms with E-state index in [9.17, 15) is 0 Å². The Kier molecular flexibility index (Phi) is 2.66. The summed E-state index contributed by atoms with van der Waals surface area (Å²) in [6.45, 7) is 0. The summed E-state index contributed by atoms with van der Waals surface area (Å²) in [4.78, 5) is 0. The van der Waals surface area contributed by atoms with Gasteiger partial charge in [0.1, 0.15) is 0 Å². The van der Waals surface area contributed by atoms with Crippen molar-refractivity contribution in [3.8, 4) is 17.3 Å². The number of nitriles is 1. The molecule has 72 valence electrons. The summed E-state index contributed by atoms with van der Waals surface area (Å²) >= 11 is 0. The number of hydrogen-bond acceptors (Lipinski definition) is 2. The fraction of sp³-hybridized carbons (Fsp3) is 0. The SMILES string of the molecule is N#CNc1ccc(-c2ccccc2)cc1. The minimum atomic E-state index is 0.817. The second-order valence-corrected chi connectivity index (χ2v) is 3.18. The topological polar surface area (TPSA) is 35.8 Å². The zero-order valence-electron chi connectivity index (χ0n) is 8.14. The van der Waals surface area contributed by atoms with Crippen molar-refractivity contribution in [3.63, 3.8) is 0 Å². The van der Waals surface area contributed by atoms with E-state index < -0.39 is 0 Å². The lowest BCUT2D eigenvalue weighted by Gasteiger charge is -2.02. The van der Waals surface area contributed by atoms with Crippen LogP contribution >= 0.6 is 0 Å². The average Bonchev–Trinajstić information content (AvgIpc) is 2.32. The van der Waals surface area contributed by atoms with E-state index in [2.05, 4.69) is 17.4 Å². The van der Waals surface area contributed by atoms with Gasteiger partial charge in [-0.15, -0.1) is 0 Å². The van der Waals surface area contributed by atoms with Crippen molar-refractivity contribution in [2.75, 3.05) is 5.32 Å². The normalized spacial score (nSPS) is 9.27. The summed E-state index contributed by atoms with van der Waals surface area (Å²) < 4.78 is 0. The van der Waals surface area contributed by atoms with Gasteiger partial charge in [0.25, 0.3) is 0 Å². The van der Waals surface area contributed by atoms with Gasteiger partial charge in [-0.05, 0) is 23.3 Å².